The van der Waals surface area contributed by atoms with E-state index in [9.17, 15) is 4.79 Å². The smallest absolute Gasteiger partial charge is 0.237 e. The molecule has 1 aliphatic rings. The number of nitrogens with zero attached hydrogens (tertiary/aromatic N) is 4. The van der Waals surface area contributed by atoms with Crippen LogP contribution in [0.1, 0.15) is 19.7 Å². The van der Waals surface area contributed by atoms with Crippen molar-refractivity contribution >= 4 is 5.91 Å². The second-order valence-electron chi connectivity index (χ2n) is 5.65. The van der Waals surface area contributed by atoms with Crippen molar-refractivity contribution in [3.05, 3.63) is 30.9 Å². The third kappa shape index (κ3) is 4.18. The van der Waals surface area contributed by atoms with Gasteiger partial charge in [0.25, 0.3) is 0 Å². The lowest BCUT2D eigenvalue weighted by atomic mass is 10.2. The van der Waals surface area contributed by atoms with Crippen molar-refractivity contribution in [3.63, 3.8) is 0 Å². The number of rotatable bonds is 7. The van der Waals surface area contributed by atoms with Gasteiger partial charge in [0, 0.05) is 51.7 Å². The number of aryl methyl sites for hydroxylation is 1. The second kappa shape index (κ2) is 8.10. The van der Waals surface area contributed by atoms with Crippen molar-refractivity contribution in [1.29, 1.82) is 0 Å². The van der Waals surface area contributed by atoms with Crippen molar-refractivity contribution in [2.75, 3.05) is 32.7 Å². The largest absolute Gasteiger partial charge is 0.351 e. The average molecular weight is 305 g/mol. The summed E-state index contributed by atoms with van der Waals surface area (Å²) in [5, 5.41) is 2.87. The SMILES string of the molecule is C=CCNC(=O)[C@H](C)N1CCN(Cc2nccn2CC)CC1. The molecule has 1 atom stereocenters. The minimum atomic E-state index is -0.0836. The summed E-state index contributed by atoms with van der Waals surface area (Å²) in [6, 6.07) is -0.0836. The molecule has 6 nitrogen and oxygen atoms in total. The zero-order valence-corrected chi connectivity index (χ0v) is 13.7. The van der Waals surface area contributed by atoms with E-state index in [1.54, 1.807) is 6.08 Å². The van der Waals surface area contributed by atoms with Gasteiger partial charge >= 0.3 is 0 Å². The normalized spacial score (nSPS) is 18.1. The zero-order chi connectivity index (χ0) is 15.9. The van der Waals surface area contributed by atoms with E-state index >= 15 is 0 Å². The van der Waals surface area contributed by atoms with Crippen LogP contribution >= 0.6 is 0 Å². The van der Waals surface area contributed by atoms with Gasteiger partial charge in [0.2, 0.25) is 5.91 Å². The van der Waals surface area contributed by atoms with Crippen molar-refractivity contribution in [2.24, 2.45) is 0 Å². The second-order valence-corrected chi connectivity index (χ2v) is 5.65. The van der Waals surface area contributed by atoms with Crippen LogP contribution in [-0.4, -0.2) is 64.0 Å². The van der Waals surface area contributed by atoms with Crippen LogP contribution in [0.3, 0.4) is 0 Å². The summed E-state index contributed by atoms with van der Waals surface area (Å²) in [7, 11) is 0. The monoisotopic (exact) mass is 305 g/mol. The molecule has 0 spiro atoms. The Morgan fingerprint density at radius 3 is 2.82 bits per heavy atom. The highest BCUT2D eigenvalue weighted by Crippen LogP contribution is 2.10. The van der Waals surface area contributed by atoms with Gasteiger partial charge in [-0.3, -0.25) is 14.6 Å². The maximum absolute atomic E-state index is 12.0. The molecule has 1 amide bonds. The Morgan fingerprint density at radius 1 is 1.45 bits per heavy atom. The Morgan fingerprint density at radius 2 is 2.18 bits per heavy atom. The number of amides is 1. The fourth-order valence-electron chi connectivity index (χ4n) is 2.77. The molecule has 1 fully saturated rings. The van der Waals surface area contributed by atoms with E-state index in [4.69, 9.17) is 0 Å². The lowest BCUT2D eigenvalue weighted by Crippen LogP contribution is -2.53. The molecule has 1 saturated heterocycles. The number of nitrogens with one attached hydrogen (secondary N) is 1. The molecule has 2 rings (SSSR count). The summed E-state index contributed by atoms with van der Waals surface area (Å²) in [5.41, 5.74) is 0. The van der Waals surface area contributed by atoms with E-state index < -0.39 is 0 Å². The van der Waals surface area contributed by atoms with Gasteiger partial charge < -0.3 is 9.88 Å². The van der Waals surface area contributed by atoms with Gasteiger partial charge in [0.15, 0.2) is 0 Å². The van der Waals surface area contributed by atoms with E-state index in [1.807, 2.05) is 19.3 Å². The number of carbonyl (C=O) groups is 1. The Labute approximate surface area is 132 Å². The lowest BCUT2D eigenvalue weighted by molar-refractivity contribution is -0.126. The molecule has 0 aliphatic carbocycles. The van der Waals surface area contributed by atoms with E-state index in [-0.39, 0.29) is 11.9 Å². The number of imidazole rings is 1. The molecule has 2 heterocycles. The lowest BCUT2D eigenvalue weighted by Gasteiger charge is -2.37. The predicted molar refractivity (Wildman–Crippen MR) is 87.4 cm³/mol. The Kier molecular flexibility index (Phi) is 6.15. The molecule has 22 heavy (non-hydrogen) atoms. The fraction of sp³-hybridized carbons (Fsp3) is 0.625. The maximum Gasteiger partial charge on any atom is 0.237 e. The highest BCUT2D eigenvalue weighted by Gasteiger charge is 2.25. The van der Waals surface area contributed by atoms with Crippen LogP contribution in [0.4, 0.5) is 0 Å². The van der Waals surface area contributed by atoms with E-state index in [1.165, 1.54) is 0 Å². The third-order valence-corrected chi connectivity index (χ3v) is 4.26. The van der Waals surface area contributed by atoms with Crippen molar-refractivity contribution in [1.82, 2.24) is 24.7 Å². The maximum atomic E-state index is 12.0. The summed E-state index contributed by atoms with van der Waals surface area (Å²) in [6.07, 6.45) is 5.59. The first kappa shape index (κ1) is 16.7. The van der Waals surface area contributed by atoms with Gasteiger partial charge in [-0.25, -0.2) is 4.98 Å². The molecule has 1 aliphatic heterocycles. The highest BCUT2D eigenvalue weighted by atomic mass is 16.2. The number of carbonyl (C=O) groups excluding carboxylic acids is 1. The van der Waals surface area contributed by atoms with Crippen molar-refractivity contribution in [2.45, 2.75) is 33.0 Å². The number of piperazine rings is 1. The number of aromatic nitrogens is 2. The minimum absolute atomic E-state index is 0.0786. The van der Waals surface area contributed by atoms with Crippen LogP contribution in [-0.2, 0) is 17.9 Å². The van der Waals surface area contributed by atoms with Gasteiger partial charge in [-0.1, -0.05) is 6.08 Å². The molecule has 0 aromatic carbocycles. The van der Waals surface area contributed by atoms with Gasteiger partial charge in [0.05, 0.1) is 12.6 Å². The van der Waals surface area contributed by atoms with Gasteiger partial charge in [-0.05, 0) is 13.8 Å². The molecule has 0 unspecified atom stereocenters. The summed E-state index contributed by atoms with van der Waals surface area (Å²) in [4.78, 5) is 21.1. The minimum Gasteiger partial charge on any atom is -0.351 e. The van der Waals surface area contributed by atoms with Crippen LogP contribution in [0.5, 0.6) is 0 Å². The first-order valence-electron chi connectivity index (χ1n) is 8.00. The van der Waals surface area contributed by atoms with Crippen LogP contribution in [0.25, 0.3) is 0 Å². The van der Waals surface area contributed by atoms with Gasteiger partial charge in [0.1, 0.15) is 5.82 Å². The van der Waals surface area contributed by atoms with Gasteiger partial charge in [-0.15, -0.1) is 6.58 Å². The molecule has 0 radical (unpaired) electrons. The van der Waals surface area contributed by atoms with Crippen LogP contribution in [0.15, 0.2) is 25.0 Å². The van der Waals surface area contributed by atoms with E-state index in [2.05, 4.69) is 38.2 Å². The molecule has 1 aromatic heterocycles. The highest BCUT2D eigenvalue weighted by molar-refractivity contribution is 5.81. The molecule has 1 N–H and O–H groups in total. The molecule has 0 bridgehead atoms. The van der Waals surface area contributed by atoms with Crippen molar-refractivity contribution in [3.8, 4) is 0 Å². The predicted octanol–water partition coefficient (Wildman–Crippen LogP) is 0.711. The van der Waals surface area contributed by atoms with Crippen LogP contribution < -0.4 is 5.32 Å². The number of hydrogen-bond donors (Lipinski definition) is 1. The summed E-state index contributed by atoms with van der Waals surface area (Å²) >= 11 is 0. The fourth-order valence-corrected chi connectivity index (χ4v) is 2.77. The summed E-state index contributed by atoms with van der Waals surface area (Å²) < 4.78 is 2.18. The average Bonchev–Trinajstić information content (AvgIpc) is 2.99. The first-order chi connectivity index (χ1) is 10.7. The topological polar surface area (TPSA) is 53.4 Å². The summed E-state index contributed by atoms with van der Waals surface area (Å²) in [5.74, 6) is 1.20. The van der Waals surface area contributed by atoms with E-state index in [0.717, 1.165) is 45.1 Å². The Bertz CT molecular complexity index is 490. The first-order valence-corrected chi connectivity index (χ1v) is 8.00. The molecule has 6 heteroatoms. The summed E-state index contributed by atoms with van der Waals surface area (Å²) in [6.45, 7) is 13.8. The quantitative estimate of drug-likeness (QED) is 0.754. The zero-order valence-electron chi connectivity index (χ0n) is 13.7. The Balaban J connectivity index is 1.80. The Hall–Kier alpha value is -1.66. The molecular weight excluding hydrogens is 278 g/mol. The standard InChI is InChI=1S/C16H27N5O/c1-4-6-18-16(22)14(3)21-11-9-19(10-12-21)13-15-17-7-8-20(15)5-2/h4,7-8,14H,1,5-6,9-13H2,2-3H3,(H,18,22)/t14-/m0/s1. The van der Waals surface area contributed by atoms with Gasteiger partial charge in [-0.2, -0.15) is 0 Å². The van der Waals surface area contributed by atoms with Crippen LogP contribution in [0.2, 0.25) is 0 Å². The third-order valence-electron chi connectivity index (χ3n) is 4.26. The van der Waals surface area contributed by atoms with Crippen molar-refractivity contribution < 1.29 is 4.79 Å². The molecule has 122 valence electrons. The van der Waals surface area contributed by atoms with Crippen LogP contribution in [0, 0.1) is 0 Å². The number of hydrogen-bond acceptors (Lipinski definition) is 4. The molecule has 0 saturated carbocycles. The van der Waals surface area contributed by atoms with E-state index in [0.29, 0.717) is 6.54 Å². The molecular formula is C16H27N5O. The molecule has 1 aromatic rings.